The Morgan fingerprint density at radius 1 is 1.18 bits per heavy atom. The number of piperidine rings is 1. The van der Waals surface area contributed by atoms with E-state index in [1.165, 1.54) is 0 Å². The lowest BCUT2D eigenvalue weighted by Crippen LogP contribution is -2.68. The molecule has 2 bridgehead atoms. The summed E-state index contributed by atoms with van der Waals surface area (Å²) < 4.78 is 20.5. The molecule has 1 unspecified atom stereocenters. The summed E-state index contributed by atoms with van der Waals surface area (Å²) >= 11 is 0. The molecule has 4 aliphatic carbocycles. The molecule has 7 nitrogen and oxygen atoms in total. The molecular weight excluding hydrogens is 437 g/mol. The molecule has 0 radical (unpaired) electrons. The Morgan fingerprint density at radius 3 is 2.68 bits per heavy atom. The fourth-order valence-corrected chi connectivity index (χ4v) is 7.18. The number of carbonyl (C=O) groups is 3. The molecule has 182 valence electrons. The lowest BCUT2D eigenvalue weighted by atomic mass is 9.42. The highest BCUT2D eigenvalue weighted by atomic mass is 19.1. The van der Waals surface area contributed by atoms with E-state index in [0.717, 1.165) is 62.9 Å². The van der Waals surface area contributed by atoms with Crippen LogP contribution in [0.25, 0.3) is 0 Å². The topological polar surface area (TPSA) is 79.0 Å². The maximum absolute atomic E-state index is 14.0. The second-order valence-corrected chi connectivity index (χ2v) is 11.1. The number of carbonyl (C=O) groups excluding carboxylic acids is 3. The zero-order chi connectivity index (χ0) is 23.7. The summed E-state index contributed by atoms with van der Waals surface area (Å²) in [6, 6.07) is 5.29. The number of rotatable bonds is 7. The number of nitrogens with zero attached hydrogens (tertiary/aromatic N) is 2. The number of benzene rings is 1. The first-order valence-electron chi connectivity index (χ1n) is 12.7. The van der Waals surface area contributed by atoms with Crippen molar-refractivity contribution in [3.63, 3.8) is 0 Å². The van der Waals surface area contributed by atoms with Gasteiger partial charge in [-0.25, -0.2) is 4.39 Å². The summed E-state index contributed by atoms with van der Waals surface area (Å²) in [5.74, 6) is -0.106. The van der Waals surface area contributed by atoms with Crippen LogP contribution in [-0.2, 0) is 16.1 Å². The number of ether oxygens (including phenoxy) is 1. The number of halogens is 1. The van der Waals surface area contributed by atoms with E-state index in [1.807, 2.05) is 12.1 Å². The molecule has 6 aliphatic rings. The average molecular weight is 470 g/mol. The summed E-state index contributed by atoms with van der Waals surface area (Å²) in [5.41, 5.74) is 0.773. The Labute approximate surface area is 199 Å². The molecule has 7 rings (SSSR count). The van der Waals surface area contributed by atoms with Crippen molar-refractivity contribution >= 4 is 17.7 Å². The number of imide groups is 1. The van der Waals surface area contributed by atoms with Crippen LogP contribution in [0.5, 0.6) is 5.75 Å². The average Bonchev–Trinajstić information content (AvgIpc) is 3.34. The van der Waals surface area contributed by atoms with E-state index in [9.17, 15) is 18.8 Å². The van der Waals surface area contributed by atoms with Gasteiger partial charge in [0.05, 0.1) is 0 Å². The van der Waals surface area contributed by atoms with Gasteiger partial charge in [0, 0.05) is 31.1 Å². The van der Waals surface area contributed by atoms with E-state index in [2.05, 4.69) is 17.1 Å². The number of alkyl halides is 1. The van der Waals surface area contributed by atoms with Gasteiger partial charge in [0.1, 0.15) is 23.6 Å². The van der Waals surface area contributed by atoms with Crippen LogP contribution in [0.1, 0.15) is 74.2 Å². The molecule has 34 heavy (non-hydrogen) atoms. The van der Waals surface area contributed by atoms with Crippen molar-refractivity contribution in [1.29, 1.82) is 0 Å². The Balaban J connectivity index is 1.13. The molecule has 5 fully saturated rings. The highest BCUT2D eigenvalue weighted by molar-refractivity contribution is 6.05. The van der Waals surface area contributed by atoms with Gasteiger partial charge in [0.2, 0.25) is 11.8 Å². The standard InChI is InChI=1S/C26H32FN3O4/c1-2-29(15-25-12-26(27,13-25)14-25)19-4-3-5-21(19)34-17-6-7-18-16(10-17)11-30(24(18)33)20-8-9-22(31)28-23(20)32/h6-7,10,19-21H,2-5,8-9,11-15H2,1H3,(H,28,31,32)/t19-,20?,21-,25?,26?/m0/s1. The summed E-state index contributed by atoms with van der Waals surface area (Å²) in [6.45, 7) is 4.42. The van der Waals surface area contributed by atoms with E-state index < -0.39 is 17.6 Å². The van der Waals surface area contributed by atoms with E-state index in [1.54, 1.807) is 11.0 Å². The number of hydrogen-bond acceptors (Lipinski definition) is 5. The highest BCUT2D eigenvalue weighted by Crippen LogP contribution is 2.69. The molecule has 2 heterocycles. The number of amides is 3. The number of likely N-dealkylation sites (N-methyl/N-ethyl adjacent to an activating group) is 1. The van der Waals surface area contributed by atoms with Crippen molar-refractivity contribution in [2.45, 2.75) is 88.7 Å². The number of hydrogen-bond donors (Lipinski definition) is 1. The van der Waals surface area contributed by atoms with E-state index in [4.69, 9.17) is 4.74 Å². The molecule has 0 spiro atoms. The third-order valence-corrected chi connectivity index (χ3v) is 8.69. The van der Waals surface area contributed by atoms with Crippen molar-refractivity contribution in [3.8, 4) is 5.75 Å². The van der Waals surface area contributed by atoms with Crippen molar-refractivity contribution in [1.82, 2.24) is 15.1 Å². The monoisotopic (exact) mass is 469 g/mol. The molecule has 3 atom stereocenters. The minimum atomic E-state index is -0.867. The summed E-state index contributed by atoms with van der Waals surface area (Å²) in [7, 11) is 0. The van der Waals surface area contributed by atoms with Crippen molar-refractivity contribution in [3.05, 3.63) is 29.3 Å². The van der Waals surface area contributed by atoms with Crippen molar-refractivity contribution in [2.24, 2.45) is 5.41 Å². The number of fused-ring (bicyclic) bond motifs is 1. The molecule has 1 N–H and O–H groups in total. The first-order chi connectivity index (χ1) is 16.3. The van der Waals surface area contributed by atoms with Crippen LogP contribution in [0.3, 0.4) is 0 Å². The normalized spacial score (nSPS) is 36.3. The van der Waals surface area contributed by atoms with Gasteiger partial charge in [0.15, 0.2) is 0 Å². The van der Waals surface area contributed by atoms with Crippen LogP contribution in [0.2, 0.25) is 0 Å². The van der Waals surface area contributed by atoms with Crippen molar-refractivity contribution in [2.75, 3.05) is 13.1 Å². The maximum atomic E-state index is 14.0. The molecule has 8 heteroatoms. The van der Waals surface area contributed by atoms with Crippen LogP contribution in [0, 0.1) is 5.41 Å². The van der Waals surface area contributed by atoms with Crippen molar-refractivity contribution < 1.29 is 23.5 Å². The Kier molecular flexibility index (Phi) is 5.03. The van der Waals surface area contributed by atoms with Crippen LogP contribution < -0.4 is 10.1 Å². The summed E-state index contributed by atoms with van der Waals surface area (Å²) in [4.78, 5) is 40.8. The minimum Gasteiger partial charge on any atom is -0.489 e. The molecule has 0 aromatic heterocycles. The van der Waals surface area contributed by atoms with Crippen LogP contribution in [-0.4, -0.2) is 64.5 Å². The molecule has 1 aromatic carbocycles. The predicted octanol–water partition coefficient (Wildman–Crippen LogP) is 2.96. The predicted molar refractivity (Wildman–Crippen MR) is 122 cm³/mol. The molecule has 2 aliphatic heterocycles. The first-order valence-corrected chi connectivity index (χ1v) is 12.7. The van der Waals surface area contributed by atoms with Crippen LogP contribution in [0.15, 0.2) is 18.2 Å². The Morgan fingerprint density at radius 2 is 1.97 bits per heavy atom. The summed E-state index contributed by atoms with van der Waals surface area (Å²) in [6.07, 6.45) is 6.02. The second kappa shape index (κ2) is 7.77. The second-order valence-electron chi connectivity index (χ2n) is 11.1. The van der Waals surface area contributed by atoms with Gasteiger partial charge in [-0.15, -0.1) is 0 Å². The van der Waals surface area contributed by atoms with Crippen LogP contribution >= 0.6 is 0 Å². The Hall–Kier alpha value is -2.48. The van der Waals surface area contributed by atoms with E-state index >= 15 is 0 Å². The zero-order valence-corrected chi connectivity index (χ0v) is 19.6. The maximum Gasteiger partial charge on any atom is 0.255 e. The van der Waals surface area contributed by atoms with Gasteiger partial charge in [-0.3, -0.25) is 24.6 Å². The molecular formula is C26H32FN3O4. The fraction of sp³-hybridized carbons (Fsp3) is 0.654. The molecule has 1 aromatic rings. The molecule has 1 saturated heterocycles. The third-order valence-electron chi connectivity index (χ3n) is 8.69. The first kappa shape index (κ1) is 22.0. The third kappa shape index (κ3) is 3.53. The van der Waals surface area contributed by atoms with Gasteiger partial charge in [-0.05, 0) is 80.7 Å². The lowest BCUT2D eigenvalue weighted by Gasteiger charge is -2.67. The molecule has 4 saturated carbocycles. The zero-order valence-electron chi connectivity index (χ0n) is 19.6. The minimum absolute atomic E-state index is 0.0769. The van der Waals surface area contributed by atoms with Gasteiger partial charge in [0.25, 0.3) is 5.91 Å². The van der Waals surface area contributed by atoms with Gasteiger partial charge < -0.3 is 9.64 Å². The van der Waals surface area contributed by atoms with E-state index in [0.29, 0.717) is 24.6 Å². The quantitative estimate of drug-likeness (QED) is 0.622. The van der Waals surface area contributed by atoms with Gasteiger partial charge in [-0.2, -0.15) is 0 Å². The largest absolute Gasteiger partial charge is 0.489 e. The Bertz CT molecular complexity index is 1040. The number of nitrogens with one attached hydrogen (secondary N) is 1. The van der Waals surface area contributed by atoms with Gasteiger partial charge >= 0.3 is 0 Å². The fourth-order valence-electron chi connectivity index (χ4n) is 7.18. The van der Waals surface area contributed by atoms with E-state index in [-0.39, 0.29) is 29.8 Å². The molecule has 3 amide bonds. The highest BCUT2D eigenvalue weighted by Gasteiger charge is 2.69. The SMILES string of the molecule is CCN(CC12CC(F)(C1)C2)[C@H]1CCC[C@@H]1Oc1ccc2c(c1)CN(C1CCC(=O)NC1=O)C2=O. The van der Waals surface area contributed by atoms with Gasteiger partial charge in [-0.1, -0.05) is 6.92 Å². The van der Waals surface area contributed by atoms with Crippen LogP contribution in [0.4, 0.5) is 4.39 Å². The summed E-state index contributed by atoms with van der Waals surface area (Å²) in [5, 5.41) is 2.34. The smallest absolute Gasteiger partial charge is 0.255 e. The lowest BCUT2D eigenvalue weighted by molar-refractivity contribution is -0.224.